The average Bonchev–Trinajstić information content (AvgIpc) is 2.24. The third-order valence-corrected chi connectivity index (χ3v) is 1.62. The van der Waals surface area contributed by atoms with Crippen molar-refractivity contribution >= 4 is 5.78 Å². The number of hydrogen-bond acceptors (Lipinski definition) is 3. The van der Waals surface area contributed by atoms with Gasteiger partial charge in [-0.05, 0) is 18.2 Å². The third-order valence-electron chi connectivity index (χ3n) is 1.62. The summed E-state index contributed by atoms with van der Waals surface area (Å²) in [5, 5.41) is 18.0. The normalized spacial score (nSPS) is 8.79. The molecule has 0 atom stereocenters. The molecular formula is C11H16O3. The molecule has 0 aromatic heterocycles. The SMILES string of the molecule is CC.CCC(=O)c1ccc(O)c(O)c1. The Kier molecular flexibility index (Phi) is 5.37. The molecule has 1 aromatic rings. The van der Waals surface area contributed by atoms with Crippen LogP contribution in [-0.4, -0.2) is 16.0 Å². The number of rotatable bonds is 2. The molecule has 0 aliphatic rings. The van der Waals surface area contributed by atoms with Gasteiger partial charge in [-0.1, -0.05) is 20.8 Å². The van der Waals surface area contributed by atoms with Crippen LogP contribution in [-0.2, 0) is 0 Å². The molecule has 0 unspecified atom stereocenters. The lowest BCUT2D eigenvalue weighted by Gasteiger charge is -2.00. The molecule has 0 aliphatic heterocycles. The Bertz CT molecular complexity index is 305. The van der Waals surface area contributed by atoms with Crippen molar-refractivity contribution < 1.29 is 15.0 Å². The standard InChI is InChI=1S/C9H10O3.C2H6/c1-2-7(10)6-3-4-8(11)9(12)5-6;1-2/h3-5,11-12H,2H2,1H3;1-2H3. The molecule has 0 spiro atoms. The molecule has 78 valence electrons. The molecule has 1 rings (SSSR count). The Labute approximate surface area is 84.0 Å². The third kappa shape index (κ3) is 3.09. The van der Waals surface area contributed by atoms with Gasteiger partial charge in [-0.15, -0.1) is 0 Å². The van der Waals surface area contributed by atoms with Crippen molar-refractivity contribution in [2.45, 2.75) is 27.2 Å². The lowest BCUT2D eigenvalue weighted by Crippen LogP contribution is -1.95. The van der Waals surface area contributed by atoms with Crippen LogP contribution in [0, 0.1) is 0 Å². The number of ketones is 1. The van der Waals surface area contributed by atoms with Crippen molar-refractivity contribution in [2.75, 3.05) is 0 Å². The van der Waals surface area contributed by atoms with E-state index in [1.165, 1.54) is 18.2 Å². The summed E-state index contributed by atoms with van der Waals surface area (Å²) in [5.74, 6) is -0.512. The van der Waals surface area contributed by atoms with Crippen LogP contribution in [0.25, 0.3) is 0 Å². The van der Waals surface area contributed by atoms with Gasteiger partial charge >= 0.3 is 0 Å². The first-order valence-electron chi connectivity index (χ1n) is 4.70. The quantitative estimate of drug-likeness (QED) is 0.564. The van der Waals surface area contributed by atoms with Crippen molar-refractivity contribution in [1.29, 1.82) is 0 Å². The number of phenolic OH excluding ortho intramolecular Hbond substituents is 2. The van der Waals surface area contributed by atoms with Gasteiger partial charge in [-0.25, -0.2) is 0 Å². The second kappa shape index (κ2) is 6.02. The van der Waals surface area contributed by atoms with E-state index in [0.29, 0.717) is 12.0 Å². The predicted molar refractivity (Wildman–Crippen MR) is 55.7 cm³/mol. The summed E-state index contributed by atoms with van der Waals surface area (Å²) >= 11 is 0. The minimum absolute atomic E-state index is 0.0506. The molecule has 14 heavy (non-hydrogen) atoms. The fourth-order valence-electron chi connectivity index (χ4n) is 0.901. The first-order valence-corrected chi connectivity index (χ1v) is 4.70. The maximum Gasteiger partial charge on any atom is 0.162 e. The van der Waals surface area contributed by atoms with E-state index in [4.69, 9.17) is 10.2 Å². The molecule has 0 saturated heterocycles. The fourth-order valence-corrected chi connectivity index (χ4v) is 0.901. The summed E-state index contributed by atoms with van der Waals surface area (Å²) < 4.78 is 0. The van der Waals surface area contributed by atoms with E-state index in [0.717, 1.165) is 0 Å². The Balaban J connectivity index is 0.000000791. The summed E-state index contributed by atoms with van der Waals surface area (Å²) in [6, 6.07) is 4.06. The molecule has 0 amide bonds. The van der Waals surface area contributed by atoms with E-state index in [9.17, 15) is 4.79 Å². The molecule has 0 saturated carbocycles. The summed E-state index contributed by atoms with van der Waals surface area (Å²) in [4.78, 5) is 11.1. The van der Waals surface area contributed by atoms with E-state index in [1.807, 2.05) is 13.8 Å². The first kappa shape index (κ1) is 12.5. The Morgan fingerprint density at radius 1 is 1.21 bits per heavy atom. The minimum Gasteiger partial charge on any atom is -0.504 e. The lowest BCUT2D eigenvalue weighted by atomic mass is 10.1. The molecule has 0 radical (unpaired) electrons. The largest absolute Gasteiger partial charge is 0.504 e. The second-order valence-electron chi connectivity index (χ2n) is 2.48. The maximum atomic E-state index is 11.1. The van der Waals surface area contributed by atoms with Crippen molar-refractivity contribution in [3.05, 3.63) is 23.8 Å². The van der Waals surface area contributed by atoms with Crippen molar-refractivity contribution in [1.82, 2.24) is 0 Å². The zero-order chi connectivity index (χ0) is 11.1. The van der Waals surface area contributed by atoms with Gasteiger partial charge in [0.1, 0.15) is 0 Å². The number of phenols is 2. The monoisotopic (exact) mass is 196 g/mol. The molecule has 3 heteroatoms. The van der Waals surface area contributed by atoms with E-state index >= 15 is 0 Å². The van der Waals surface area contributed by atoms with Gasteiger partial charge in [0.15, 0.2) is 17.3 Å². The highest BCUT2D eigenvalue weighted by molar-refractivity contribution is 5.96. The van der Waals surface area contributed by atoms with Crippen LogP contribution in [0.5, 0.6) is 11.5 Å². The molecule has 0 bridgehead atoms. The molecular weight excluding hydrogens is 180 g/mol. The lowest BCUT2D eigenvalue weighted by molar-refractivity contribution is 0.0988. The highest BCUT2D eigenvalue weighted by atomic mass is 16.3. The molecule has 3 nitrogen and oxygen atoms in total. The van der Waals surface area contributed by atoms with Crippen LogP contribution in [0.3, 0.4) is 0 Å². The number of aromatic hydroxyl groups is 2. The highest BCUT2D eigenvalue weighted by Gasteiger charge is 2.05. The van der Waals surface area contributed by atoms with Gasteiger partial charge in [-0.3, -0.25) is 4.79 Å². The van der Waals surface area contributed by atoms with Gasteiger partial charge in [-0.2, -0.15) is 0 Å². The van der Waals surface area contributed by atoms with Crippen LogP contribution in [0.15, 0.2) is 18.2 Å². The fraction of sp³-hybridized carbons (Fsp3) is 0.364. The van der Waals surface area contributed by atoms with E-state index in [-0.39, 0.29) is 17.3 Å². The van der Waals surface area contributed by atoms with E-state index in [2.05, 4.69) is 0 Å². The molecule has 0 aliphatic carbocycles. The average molecular weight is 196 g/mol. The molecule has 0 heterocycles. The minimum atomic E-state index is -0.255. The number of hydrogen-bond donors (Lipinski definition) is 2. The number of Topliss-reactive ketones (excluding diaryl/α,β-unsaturated/α-hetero) is 1. The zero-order valence-electron chi connectivity index (χ0n) is 8.74. The van der Waals surface area contributed by atoms with Crippen molar-refractivity contribution in [3.8, 4) is 11.5 Å². The molecule has 2 N–H and O–H groups in total. The van der Waals surface area contributed by atoms with Crippen LogP contribution in [0.1, 0.15) is 37.6 Å². The Morgan fingerprint density at radius 3 is 2.21 bits per heavy atom. The summed E-state index contributed by atoms with van der Waals surface area (Å²) in [5.41, 5.74) is 0.424. The summed E-state index contributed by atoms with van der Waals surface area (Å²) in [6.07, 6.45) is 0.393. The Morgan fingerprint density at radius 2 is 1.79 bits per heavy atom. The number of benzene rings is 1. The topological polar surface area (TPSA) is 57.5 Å². The Hall–Kier alpha value is -1.51. The summed E-state index contributed by atoms with van der Waals surface area (Å²) in [6.45, 7) is 5.74. The smallest absolute Gasteiger partial charge is 0.162 e. The van der Waals surface area contributed by atoms with Gasteiger partial charge in [0.05, 0.1) is 0 Å². The summed E-state index contributed by atoms with van der Waals surface area (Å²) in [7, 11) is 0. The van der Waals surface area contributed by atoms with Crippen LogP contribution >= 0.6 is 0 Å². The van der Waals surface area contributed by atoms with Crippen LogP contribution < -0.4 is 0 Å². The van der Waals surface area contributed by atoms with E-state index in [1.54, 1.807) is 6.92 Å². The first-order chi connectivity index (χ1) is 6.65. The molecule has 0 fully saturated rings. The van der Waals surface area contributed by atoms with Gasteiger partial charge in [0.25, 0.3) is 0 Å². The number of carbonyl (C=O) groups is 1. The highest BCUT2D eigenvalue weighted by Crippen LogP contribution is 2.25. The van der Waals surface area contributed by atoms with Crippen LogP contribution in [0.4, 0.5) is 0 Å². The number of carbonyl (C=O) groups excluding carboxylic acids is 1. The molecule has 1 aromatic carbocycles. The zero-order valence-corrected chi connectivity index (χ0v) is 8.74. The van der Waals surface area contributed by atoms with Crippen molar-refractivity contribution in [2.24, 2.45) is 0 Å². The van der Waals surface area contributed by atoms with Gasteiger partial charge < -0.3 is 10.2 Å². The maximum absolute atomic E-state index is 11.1. The van der Waals surface area contributed by atoms with Gasteiger partial charge in [0.2, 0.25) is 0 Å². The van der Waals surface area contributed by atoms with Crippen LogP contribution in [0.2, 0.25) is 0 Å². The van der Waals surface area contributed by atoms with E-state index < -0.39 is 0 Å². The predicted octanol–water partition coefficient (Wildman–Crippen LogP) is 2.72. The van der Waals surface area contributed by atoms with Crippen molar-refractivity contribution in [3.63, 3.8) is 0 Å². The van der Waals surface area contributed by atoms with Gasteiger partial charge in [0, 0.05) is 12.0 Å². The second-order valence-corrected chi connectivity index (χ2v) is 2.48.